The van der Waals surface area contributed by atoms with Gasteiger partial charge in [0.05, 0.1) is 23.7 Å². The van der Waals surface area contributed by atoms with Crippen molar-refractivity contribution >= 4 is 22.8 Å². The van der Waals surface area contributed by atoms with E-state index in [9.17, 15) is 14.3 Å². The number of para-hydroxylation sites is 1. The number of anilines is 1. The topological polar surface area (TPSA) is 78.8 Å². The monoisotopic (exact) mass is 452 g/mol. The van der Waals surface area contributed by atoms with Gasteiger partial charge in [-0.2, -0.15) is 0 Å². The predicted molar refractivity (Wildman–Crippen MR) is 126 cm³/mol. The fourth-order valence-corrected chi connectivity index (χ4v) is 3.89. The Balaban J connectivity index is 1.63. The van der Waals surface area contributed by atoms with Gasteiger partial charge in [0.15, 0.2) is 5.82 Å². The van der Waals surface area contributed by atoms with Crippen LogP contribution in [0.5, 0.6) is 5.75 Å². The van der Waals surface area contributed by atoms with Gasteiger partial charge in [-0.15, -0.1) is 0 Å². The van der Waals surface area contributed by atoms with E-state index in [2.05, 4.69) is 4.98 Å². The third-order valence-electron chi connectivity index (χ3n) is 5.71. The summed E-state index contributed by atoms with van der Waals surface area (Å²) in [5.74, 6) is 0.645. The second kappa shape index (κ2) is 8.84. The molecule has 7 nitrogen and oxygen atoms in total. The normalized spacial score (nSPS) is 16.3. The highest BCUT2D eigenvalue weighted by atomic mass is 19.1. The Labute approximate surface area is 192 Å². The number of nitrogens with zero attached hydrogens (tertiary/aromatic N) is 4. The summed E-state index contributed by atoms with van der Waals surface area (Å²) in [6.07, 6.45) is 0.374. The number of fused-ring (bicyclic) bond motifs is 1. The molecule has 3 aromatic rings. The molecule has 4 rings (SSSR count). The summed E-state index contributed by atoms with van der Waals surface area (Å²) >= 11 is 0. The Kier molecular flexibility index (Phi) is 6.10. The molecule has 0 aliphatic carbocycles. The first kappa shape index (κ1) is 22.8. The van der Waals surface area contributed by atoms with Gasteiger partial charge in [0.2, 0.25) is 0 Å². The fraction of sp³-hybridized carbons (Fsp3) is 0.400. The number of likely N-dealkylation sites (N-methyl/N-ethyl adjacent to an activating group) is 1. The van der Waals surface area contributed by atoms with Crippen molar-refractivity contribution in [3.8, 4) is 17.1 Å². The van der Waals surface area contributed by atoms with Crippen molar-refractivity contribution in [3.63, 3.8) is 0 Å². The van der Waals surface area contributed by atoms with Gasteiger partial charge in [-0.25, -0.2) is 19.2 Å². The molecular weight excluding hydrogens is 423 g/mol. The van der Waals surface area contributed by atoms with Gasteiger partial charge >= 0.3 is 6.09 Å². The molecule has 1 N–H and O–H groups in total. The smallest absolute Gasteiger partial charge is 0.409 e. The lowest BCUT2D eigenvalue weighted by atomic mass is 9.99. The number of aromatic nitrogens is 2. The molecule has 2 aromatic carbocycles. The number of amides is 1. The minimum absolute atomic E-state index is 0.0652. The van der Waals surface area contributed by atoms with Gasteiger partial charge in [-0.3, -0.25) is 0 Å². The summed E-state index contributed by atoms with van der Waals surface area (Å²) in [7, 11) is 1.74. The molecule has 33 heavy (non-hydrogen) atoms. The third kappa shape index (κ3) is 4.99. The molecule has 1 aliphatic rings. The minimum Gasteiger partial charge on any atom is -0.507 e. The lowest BCUT2D eigenvalue weighted by Gasteiger charge is -2.27. The van der Waals surface area contributed by atoms with Crippen LogP contribution in [-0.4, -0.2) is 58.9 Å². The molecule has 2 heterocycles. The molecule has 1 amide bonds. The number of carbonyl (C=O) groups excluding carboxylic acids is 1. The number of hydrogen-bond acceptors (Lipinski definition) is 6. The van der Waals surface area contributed by atoms with Crippen LogP contribution in [0.25, 0.3) is 22.3 Å². The van der Waals surface area contributed by atoms with Gasteiger partial charge in [-0.05, 0) is 42.2 Å². The second-order valence-corrected chi connectivity index (χ2v) is 9.66. The van der Waals surface area contributed by atoms with Crippen LogP contribution in [0.4, 0.5) is 15.0 Å². The van der Waals surface area contributed by atoms with E-state index in [4.69, 9.17) is 9.72 Å². The number of hydrogen-bond donors (Lipinski definition) is 1. The summed E-state index contributed by atoms with van der Waals surface area (Å²) in [5.41, 5.74) is 0.978. The van der Waals surface area contributed by atoms with Crippen molar-refractivity contribution in [3.05, 3.63) is 48.3 Å². The lowest BCUT2D eigenvalue weighted by molar-refractivity contribution is 0.0705. The van der Waals surface area contributed by atoms with Crippen molar-refractivity contribution in [1.82, 2.24) is 14.9 Å². The SMILES string of the molecule is CN(C(=O)OCC(C)(C)C)[C@@H]1CCN(c2nc(-c3ccccc3O)nc3ccc(F)cc23)C1. The molecule has 0 unspecified atom stereocenters. The average Bonchev–Trinajstić information content (AvgIpc) is 3.26. The molecular formula is C25H29FN4O3. The zero-order valence-corrected chi connectivity index (χ0v) is 19.4. The van der Waals surface area contributed by atoms with Gasteiger partial charge in [0.1, 0.15) is 17.4 Å². The standard InChI is InChI=1S/C25H29FN4O3/c1-25(2,3)15-33-24(32)29(4)17-11-12-30(14-17)23-19-13-16(26)9-10-20(19)27-22(28-23)18-7-5-6-8-21(18)31/h5-10,13,17,31H,11-12,14-15H2,1-4H3/t17-/m1/s1. The van der Waals surface area contributed by atoms with Crippen molar-refractivity contribution in [2.45, 2.75) is 33.2 Å². The Bertz CT molecular complexity index is 1180. The maximum Gasteiger partial charge on any atom is 0.409 e. The molecule has 0 radical (unpaired) electrons. The number of phenols is 1. The summed E-state index contributed by atoms with van der Waals surface area (Å²) in [6.45, 7) is 7.55. The number of benzene rings is 2. The quantitative estimate of drug-likeness (QED) is 0.611. The average molecular weight is 453 g/mol. The van der Waals surface area contributed by atoms with Crippen molar-refractivity contribution in [1.29, 1.82) is 0 Å². The van der Waals surface area contributed by atoms with E-state index in [0.29, 0.717) is 47.8 Å². The van der Waals surface area contributed by atoms with E-state index in [1.54, 1.807) is 42.3 Å². The Morgan fingerprint density at radius 1 is 1.24 bits per heavy atom. The Hall–Kier alpha value is -3.42. The highest BCUT2D eigenvalue weighted by molar-refractivity contribution is 5.91. The minimum atomic E-state index is -0.374. The zero-order valence-electron chi connectivity index (χ0n) is 19.4. The van der Waals surface area contributed by atoms with E-state index in [1.165, 1.54) is 12.1 Å². The number of halogens is 1. The second-order valence-electron chi connectivity index (χ2n) is 9.66. The number of rotatable bonds is 4. The van der Waals surface area contributed by atoms with E-state index in [1.807, 2.05) is 25.7 Å². The maximum atomic E-state index is 14.1. The maximum absolute atomic E-state index is 14.1. The van der Waals surface area contributed by atoms with Crippen molar-refractivity contribution in [2.24, 2.45) is 5.41 Å². The molecule has 1 saturated heterocycles. The lowest BCUT2D eigenvalue weighted by Crippen LogP contribution is -2.40. The molecule has 1 aliphatic heterocycles. The molecule has 8 heteroatoms. The highest BCUT2D eigenvalue weighted by Crippen LogP contribution is 2.33. The van der Waals surface area contributed by atoms with Crippen LogP contribution in [0.15, 0.2) is 42.5 Å². The number of phenolic OH excluding ortho intramolecular Hbond substituents is 1. The van der Waals surface area contributed by atoms with Crippen LogP contribution < -0.4 is 4.90 Å². The van der Waals surface area contributed by atoms with Crippen LogP contribution in [0.1, 0.15) is 27.2 Å². The summed E-state index contributed by atoms with van der Waals surface area (Å²) in [5, 5.41) is 10.9. The molecule has 1 fully saturated rings. The van der Waals surface area contributed by atoms with Crippen molar-refractivity contribution < 1.29 is 19.0 Å². The first-order valence-corrected chi connectivity index (χ1v) is 11.0. The van der Waals surface area contributed by atoms with Crippen LogP contribution >= 0.6 is 0 Å². The molecule has 1 atom stereocenters. The van der Waals surface area contributed by atoms with E-state index >= 15 is 0 Å². The number of carbonyl (C=O) groups is 1. The van der Waals surface area contributed by atoms with E-state index in [0.717, 1.165) is 6.42 Å². The van der Waals surface area contributed by atoms with Crippen LogP contribution in [-0.2, 0) is 4.74 Å². The summed E-state index contributed by atoms with van der Waals surface area (Å²) < 4.78 is 19.6. The van der Waals surface area contributed by atoms with Gasteiger partial charge in [0.25, 0.3) is 0 Å². The largest absolute Gasteiger partial charge is 0.507 e. The first-order chi connectivity index (χ1) is 15.6. The first-order valence-electron chi connectivity index (χ1n) is 11.0. The Morgan fingerprint density at radius 2 is 2.00 bits per heavy atom. The van der Waals surface area contributed by atoms with Crippen molar-refractivity contribution in [2.75, 3.05) is 31.6 Å². The third-order valence-corrected chi connectivity index (χ3v) is 5.71. The van der Waals surface area contributed by atoms with Crippen LogP contribution in [0.2, 0.25) is 0 Å². The van der Waals surface area contributed by atoms with E-state index in [-0.39, 0.29) is 29.1 Å². The number of ether oxygens (including phenoxy) is 1. The Morgan fingerprint density at radius 3 is 2.73 bits per heavy atom. The highest BCUT2D eigenvalue weighted by Gasteiger charge is 2.31. The molecule has 0 bridgehead atoms. The van der Waals surface area contributed by atoms with Gasteiger partial charge < -0.3 is 19.6 Å². The summed E-state index contributed by atoms with van der Waals surface area (Å²) in [6, 6.07) is 11.2. The van der Waals surface area contributed by atoms with Gasteiger partial charge in [0, 0.05) is 25.5 Å². The van der Waals surface area contributed by atoms with Crippen LogP contribution in [0.3, 0.4) is 0 Å². The predicted octanol–water partition coefficient (Wildman–Crippen LogP) is 4.83. The molecule has 0 saturated carbocycles. The molecule has 174 valence electrons. The van der Waals surface area contributed by atoms with Gasteiger partial charge in [-0.1, -0.05) is 32.9 Å². The summed E-state index contributed by atoms with van der Waals surface area (Å²) in [4.78, 5) is 25.5. The number of aromatic hydroxyl groups is 1. The zero-order chi connectivity index (χ0) is 23.8. The van der Waals surface area contributed by atoms with E-state index < -0.39 is 0 Å². The molecule has 1 aromatic heterocycles. The van der Waals surface area contributed by atoms with Crippen LogP contribution in [0, 0.1) is 11.2 Å². The fourth-order valence-electron chi connectivity index (χ4n) is 3.89. The molecule has 0 spiro atoms.